The van der Waals surface area contributed by atoms with Crippen LogP contribution in [0.1, 0.15) is 44.1 Å². The van der Waals surface area contributed by atoms with E-state index in [1.165, 1.54) is 29.0 Å². The summed E-state index contributed by atoms with van der Waals surface area (Å²) in [5, 5.41) is 7.49. The van der Waals surface area contributed by atoms with Gasteiger partial charge in [-0.3, -0.25) is 4.79 Å². The van der Waals surface area contributed by atoms with Crippen LogP contribution < -0.4 is 5.32 Å². The first-order valence-corrected chi connectivity index (χ1v) is 11.5. The van der Waals surface area contributed by atoms with Crippen molar-refractivity contribution in [2.75, 3.05) is 25.9 Å². The Balaban J connectivity index is 1.56. The van der Waals surface area contributed by atoms with Gasteiger partial charge in [0.15, 0.2) is 0 Å². The fourth-order valence-electron chi connectivity index (χ4n) is 4.04. The number of hydrogen-bond acceptors (Lipinski definition) is 4. The second-order valence-electron chi connectivity index (χ2n) is 7.15. The van der Waals surface area contributed by atoms with Crippen molar-refractivity contribution in [1.29, 1.82) is 0 Å². The summed E-state index contributed by atoms with van der Waals surface area (Å²) < 4.78 is 24.6. The number of piperidine rings is 1. The molecule has 3 rings (SSSR count). The molecule has 24 heavy (non-hydrogen) atoms. The molecule has 2 heterocycles. The van der Waals surface area contributed by atoms with Gasteiger partial charge in [-0.05, 0) is 48.1 Å². The molecule has 0 radical (unpaired) electrons. The predicted molar refractivity (Wildman–Crippen MR) is 96.6 cm³/mol. The molecule has 0 atom stereocenters. The van der Waals surface area contributed by atoms with Crippen LogP contribution in [0.3, 0.4) is 0 Å². The van der Waals surface area contributed by atoms with Gasteiger partial charge in [0.25, 0.3) is 0 Å². The van der Waals surface area contributed by atoms with E-state index in [2.05, 4.69) is 22.1 Å². The average molecular weight is 371 g/mol. The summed E-state index contributed by atoms with van der Waals surface area (Å²) in [6, 6.07) is 2.19. The number of amides is 1. The molecule has 0 bridgehead atoms. The van der Waals surface area contributed by atoms with Crippen LogP contribution in [0.5, 0.6) is 0 Å². The van der Waals surface area contributed by atoms with Gasteiger partial charge in [-0.2, -0.15) is 11.3 Å². The lowest BCUT2D eigenvalue weighted by atomic mass is 9.80. The van der Waals surface area contributed by atoms with E-state index in [1.54, 1.807) is 11.3 Å². The molecular formula is C17H26N2O3S2. The van der Waals surface area contributed by atoms with Crippen LogP contribution in [0, 0.1) is 5.92 Å². The van der Waals surface area contributed by atoms with Crippen molar-refractivity contribution in [2.24, 2.45) is 5.92 Å². The molecule has 1 aromatic heterocycles. The summed E-state index contributed by atoms with van der Waals surface area (Å²) >= 11 is 1.71. The monoisotopic (exact) mass is 370 g/mol. The van der Waals surface area contributed by atoms with Crippen LogP contribution >= 0.6 is 11.3 Å². The quantitative estimate of drug-likeness (QED) is 0.865. The summed E-state index contributed by atoms with van der Waals surface area (Å²) in [6.07, 6.45) is 7.18. The van der Waals surface area contributed by atoms with E-state index < -0.39 is 10.0 Å². The summed E-state index contributed by atoms with van der Waals surface area (Å²) in [5.41, 5.74) is 1.46. The van der Waals surface area contributed by atoms with E-state index in [9.17, 15) is 13.2 Å². The SMILES string of the molecule is CS(=O)(=O)N1CCC(C(=O)NCC2(c3ccsc3)CCCC2)CC1. The average Bonchev–Trinajstić information content (AvgIpc) is 3.24. The third-order valence-corrected chi connectivity index (χ3v) is 7.58. The molecule has 0 spiro atoms. The number of nitrogens with one attached hydrogen (secondary N) is 1. The highest BCUT2D eigenvalue weighted by atomic mass is 32.2. The molecule has 134 valence electrons. The Kier molecular flexibility index (Phi) is 5.32. The highest BCUT2D eigenvalue weighted by Crippen LogP contribution is 2.41. The number of rotatable bonds is 5. The van der Waals surface area contributed by atoms with Gasteiger partial charge in [0.2, 0.25) is 15.9 Å². The first kappa shape index (κ1) is 17.9. The third-order valence-electron chi connectivity index (χ3n) is 5.59. The van der Waals surface area contributed by atoms with Crippen LogP contribution in [-0.2, 0) is 20.2 Å². The van der Waals surface area contributed by atoms with Crippen molar-refractivity contribution in [3.8, 4) is 0 Å². The fraction of sp³-hybridized carbons (Fsp3) is 0.706. The second-order valence-corrected chi connectivity index (χ2v) is 9.92. The van der Waals surface area contributed by atoms with Crippen molar-refractivity contribution in [3.63, 3.8) is 0 Å². The fourth-order valence-corrected chi connectivity index (χ4v) is 5.69. The van der Waals surface area contributed by atoms with E-state index >= 15 is 0 Å². The van der Waals surface area contributed by atoms with Crippen molar-refractivity contribution < 1.29 is 13.2 Å². The zero-order valence-electron chi connectivity index (χ0n) is 14.2. The van der Waals surface area contributed by atoms with Crippen LogP contribution in [0.4, 0.5) is 0 Å². The van der Waals surface area contributed by atoms with Gasteiger partial charge in [-0.1, -0.05) is 12.8 Å². The lowest BCUT2D eigenvalue weighted by molar-refractivity contribution is -0.126. The van der Waals surface area contributed by atoms with Crippen LogP contribution in [-0.4, -0.2) is 44.5 Å². The van der Waals surface area contributed by atoms with Crippen molar-refractivity contribution in [1.82, 2.24) is 9.62 Å². The summed E-state index contributed by atoms with van der Waals surface area (Å²) in [7, 11) is -3.14. The van der Waals surface area contributed by atoms with E-state index in [-0.39, 0.29) is 17.2 Å². The summed E-state index contributed by atoms with van der Waals surface area (Å²) in [5.74, 6) is 0.0218. The minimum atomic E-state index is -3.14. The Morgan fingerprint density at radius 2 is 2.00 bits per heavy atom. The summed E-state index contributed by atoms with van der Waals surface area (Å²) in [4.78, 5) is 12.5. The Morgan fingerprint density at radius 3 is 2.54 bits per heavy atom. The Morgan fingerprint density at radius 1 is 1.33 bits per heavy atom. The number of thiophene rings is 1. The largest absolute Gasteiger partial charge is 0.355 e. The van der Waals surface area contributed by atoms with Gasteiger partial charge in [-0.15, -0.1) is 0 Å². The molecule has 2 aliphatic rings. The van der Waals surface area contributed by atoms with Crippen LogP contribution in [0.2, 0.25) is 0 Å². The summed E-state index contributed by atoms with van der Waals surface area (Å²) in [6.45, 7) is 1.61. The molecule has 1 aliphatic carbocycles. The van der Waals surface area contributed by atoms with Gasteiger partial charge in [0.05, 0.1) is 6.26 Å². The maximum absolute atomic E-state index is 12.5. The molecule has 1 aromatic rings. The zero-order valence-corrected chi connectivity index (χ0v) is 15.8. The zero-order chi connectivity index (χ0) is 17.2. The molecule has 7 heteroatoms. The normalized spacial score (nSPS) is 22.5. The molecule has 1 N–H and O–H groups in total. The lowest BCUT2D eigenvalue weighted by Crippen LogP contribution is -2.45. The van der Waals surface area contributed by atoms with Gasteiger partial charge in [0, 0.05) is 31.0 Å². The van der Waals surface area contributed by atoms with E-state index in [4.69, 9.17) is 0 Å². The van der Waals surface area contributed by atoms with Gasteiger partial charge >= 0.3 is 0 Å². The van der Waals surface area contributed by atoms with Gasteiger partial charge < -0.3 is 5.32 Å². The number of carbonyl (C=O) groups excluding carboxylic acids is 1. The maximum atomic E-state index is 12.5. The number of hydrogen-bond donors (Lipinski definition) is 1. The molecule has 1 aliphatic heterocycles. The Bertz CT molecular complexity index is 656. The van der Waals surface area contributed by atoms with Gasteiger partial charge in [0.1, 0.15) is 0 Å². The van der Waals surface area contributed by atoms with Crippen LogP contribution in [0.25, 0.3) is 0 Å². The van der Waals surface area contributed by atoms with Crippen molar-refractivity contribution in [3.05, 3.63) is 22.4 Å². The maximum Gasteiger partial charge on any atom is 0.223 e. The standard InChI is InChI=1S/C17H26N2O3S2/c1-24(21,22)19-9-4-14(5-10-19)16(20)18-13-17(7-2-3-8-17)15-6-11-23-12-15/h6,11-12,14H,2-5,7-10,13H2,1H3,(H,18,20). The first-order valence-electron chi connectivity index (χ1n) is 8.66. The molecule has 0 unspecified atom stereocenters. The molecule has 1 amide bonds. The van der Waals surface area contributed by atoms with E-state index in [0.717, 1.165) is 12.8 Å². The number of nitrogens with zero attached hydrogens (tertiary/aromatic N) is 1. The minimum Gasteiger partial charge on any atom is -0.355 e. The smallest absolute Gasteiger partial charge is 0.223 e. The van der Waals surface area contributed by atoms with Crippen LogP contribution in [0.15, 0.2) is 16.8 Å². The molecule has 0 aromatic carbocycles. The Hall–Kier alpha value is -0.920. The number of carbonyl (C=O) groups is 1. The second kappa shape index (κ2) is 7.14. The highest BCUT2D eigenvalue weighted by molar-refractivity contribution is 7.88. The lowest BCUT2D eigenvalue weighted by Gasteiger charge is -2.32. The molecule has 1 saturated carbocycles. The molecule has 2 fully saturated rings. The van der Waals surface area contributed by atoms with Crippen molar-refractivity contribution in [2.45, 2.75) is 43.9 Å². The molecular weight excluding hydrogens is 344 g/mol. The topological polar surface area (TPSA) is 66.5 Å². The minimum absolute atomic E-state index is 0.0658. The van der Waals surface area contributed by atoms with Gasteiger partial charge in [-0.25, -0.2) is 12.7 Å². The highest BCUT2D eigenvalue weighted by Gasteiger charge is 2.37. The van der Waals surface area contributed by atoms with Crippen molar-refractivity contribution >= 4 is 27.3 Å². The van der Waals surface area contributed by atoms with E-state index in [0.29, 0.717) is 32.5 Å². The molecule has 1 saturated heterocycles. The Labute approximate surface area is 148 Å². The predicted octanol–water partition coefficient (Wildman–Crippen LogP) is 2.35. The number of sulfonamides is 1. The first-order chi connectivity index (χ1) is 11.4. The third kappa shape index (κ3) is 3.83. The van der Waals surface area contributed by atoms with E-state index in [1.807, 2.05) is 0 Å². The molecule has 5 nitrogen and oxygen atoms in total.